The predicted molar refractivity (Wildman–Crippen MR) is 104 cm³/mol. The quantitative estimate of drug-likeness (QED) is 0.662. The number of oxazole rings is 1. The summed E-state index contributed by atoms with van der Waals surface area (Å²) in [7, 11) is -3.46. The molecule has 0 aliphatic carbocycles. The third-order valence-electron chi connectivity index (χ3n) is 4.27. The van der Waals surface area contributed by atoms with Crippen LogP contribution in [0.1, 0.15) is 5.56 Å². The van der Waals surface area contributed by atoms with Crippen molar-refractivity contribution in [1.29, 1.82) is 0 Å². The lowest BCUT2D eigenvalue weighted by molar-refractivity contribution is 0.520. The van der Waals surface area contributed by atoms with E-state index >= 15 is 0 Å². The number of benzene rings is 2. The lowest BCUT2D eigenvalue weighted by Crippen LogP contribution is -2.23. The lowest BCUT2D eigenvalue weighted by Gasteiger charge is -2.15. The molecule has 0 radical (unpaired) electrons. The van der Waals surface area contributed by atoms with Crippen molar-refractivity contribution >= 4 is 36.8 Å². The summed E-state index contributed by atoms with van der Waals surface area (Å²) < 4.78 is 60.0. The molecule has 0 aliphatic rings. The van der Waals surface area contributed by atoms with E-state index in [9.17, 15) is 21.6 Å². The van der Waals surface area contributed by atoms with Crippen molar-refractivity contribution in [3.05, 3.63) is 52.5 Å². The fourth-order valence-electron chi connectivity index (χ4n) is 2.63. The summed E-state index contributed by atoms with van der Waals surface area (Å²) in [6.07, 6.45) is 0. The fraction of sp³-hybridized carbons (Fsp3) is 0.235. The number of anilines is 1. The zero-order chi connectivity index (χ0) is 20.9. The first-order valence-corrected chi connectivity index (χ1v) is 11.0. The van der Waals surface area contributed by atoms with Gasteiger partial charge in [-0.1, -0.05) is 6.07 Å². The van der Waals surface area contributed by atoms with Crippen LogP contribution in [0.2, 0.25) is 0 Å². The van der Waals surface area contributed by atoms with Gasteiger partial charge in [-0.05, 0) is 36.8 Å². The van der Waals surface area contributed by atoms with E-state index in [1.165, 1.54) is 62.1 Å². The molecule has 2 aromatic carbocycles. The second-order valence-electron chi connectivity index (χ2n) is 6.43. The summed E-state index contributed by atoms with van der Waals surface area (Å²) in [5.74, 6) is -0.602. The summed E-state index contributed by atoms with van der Waals surface area (Å²) in [6.45, 7) is 1.63. The van der Waals surface area contributed by atoms with Crippen LogP contribution in [0.15, 0.2) is 55.4 Å². The van der Waals surface area contributed by atoms with E-state index in [1.807, 2.05) is 0 Å². The van der Waals surface area contributed by atoms with E-state index in [1.54, 1.807) is 6.92 Å². The zero-order valence-electron chi connectivity index (χ0n) is 15.6. The maximum atomic E-state index is 12.7. The molecular weight excluding hydrogens is 406 g/mol. The second kappa shape index (κ2) is 6.76. The average Bonchev–Trinajstić information content (AvgIpc) is 2.90. The Labute approximate surface area is 162 Å². The molecule has 150 valence electrons. The summed E-state index contributed by atoms with van der Waals surface area (Å²) in [5, 5.41) is 0. The molecule has 1 heterocycles. The highest BCUT2D eigenvalue weighted by Gasteiger charge is 2.22. The number of rotatable bonds is 5. The van der Waals surface area contributed by atoms with Crippen LogP contribution in [0.3, 0.4) is 0 Å². The minimum Gasteiger partial charge on any atom is -0.408 e. The Morgan fingerprint density at radius 2 is 1.71 bits per heavy atom. The first-order chi connectivity index (χ1) is 12.9. The molecule has 0 saturated carbocycles. The van der Waals surface area contributed by atoms with E-state index < -0.39 is 25.8 Å². The van der Waals surface area contributed by atoms with Gasteiger partial charge in [-0.3, -0.25) is 9.29 Å². The van der Waals surface area contributed by atoms with E-state index in [2.05, 4.69) is 4.72 Å². The van der Waals surface area contributed by atoms with Crippen molar-refractivity contribution in [3.63, 3.8) is 0 Å². The minimum absolute atomic E-state index is 0.00204. The molecule has 11 heteroatoms. The van der Waals surface area contributed by atoms with Gasteiger partial charge >= 0.3 is 5.76 Å². The van der Waals surface area contributed by atoms with Crippen LogP contribution in [-0.4, -0.2) is 39.8 Å². The van der Waals surface area contributed by atoms with E-state index in [-0.39, 0.29) is 21.1 Å². The molecule has 3 aromatic rings. The topological polar surface area (TPSA) is 119 Å². The molecule has 1 aromatic heterocycles. The Balaban J connectivity index is 2.02. The highest BCUT2D eigenvalue weighted by atomic mass is 32.2. The predicted octanol–water partition coefficient (Wildman–Crippen LogP) is 1.49. The highest BCUT2D eigenvalue weighted by molar-refractivity contribution is 7.92. The summed E-state index contributed by atoms with van der Waals surface area (Å²) in [4.78, 5) is 11.5. The molecule has 1 N–H and O–H groups in total. The number of nitrogens with zero attached hydrogens (tertiary/aromatic N) is 2. The van der Waals surface area contributed by atoms with Crippen LogP contribution in [0.25, 0.3) is 11.1 Å². The van der Waals surface area contributed by atoms with E-state index in [0.717, 1.165) is 4.31 Å². The molecule has 0 bridgehead atoms. The Bertz CT molecular complexity index is 1330. The molecule has 0 amide bonds. The van der Waals surface area contributed by atoms with Crippen molar-refractivity contribution < 1.29 is 21.3 Å². The normalized spacial score (nSPS) is 12.6. The first kappa shape index (κ1) is 20.1. The van der Waals surface area contributed by atoms with E-state index in [0.29, 0.717) is 11.1 Å². The second-order valence-corrected chi connectivity index (χ2v) is 10.2. The summed E-state index contributed by atoms with van der Waals surface area (Å²) >= 11 is 0. The van der Waals surface area contributed by atoms with Crippen LogP contribution >= 0.6 is 0 Å². The average molecular weight is 425 g/mol. The maximum Gasteiger partial charge on any atom is 0.419 e. The van der Waals surface area contributed by atoms with Crippen LogP contribution in [-0.2, 0) is 27.1 Å². The van der Waals surface area contributed by atoms with Crippen molar-refractivity contribution in [2.24, 2.45) is 7.05 Å². The number of fused-ring (bicyclic) bond motifs is 1. The molecule has 0 saturated heterocycles. The summed E-state index contributed by atoms with van der Waals surface area (Å²) in [6, 6.07) is 8.31. The van der Waals surface area contributed by atoms with Gasteiger partial charge < -0.3 is 4.42 Å². The van der Waals surface area contributed by atoms with Gasteiger partial charge in [0.1, 0.15) is 0 Å². The van der Waals surface area contributed by atoms with Gasteiger partial charge in [-0.15, -0.1) is 0 Å². The third-order valence-corrected chi connectivity index (χ3v) is 7.61. The molecule has 0 fully saturated rings. The zero-order valence-corrected chi connectivity index (χ0v) is 17.3. The molecule has 9 nitrogen and oxygen atoms in total. The van der Waals surface area contributed by atoms with Crippen molar-refractivity contribution in [2.75, 3.05) is 18.8 Å². The number of hydrogen-bond donors (Lipinski definition) is 1. The lowest BCUT2D eigenvalue weighted by atomic mass is 10.2. The first-order valence-electron chi connectivity index (χ1n) is 8.09. The molecule has 0 spiro atoms. The Hall–Kier alpha value is -2.63. The minimum atomic E-state index is -4.03. The molecule has 0 aliphatic heterocycles. The van der Waals surface area contributed by atoms with Gasteiger partial charge in [0.25, 0.3) is 10.0 Å². The number of nitrogens with one attached hydrogen (secondary N) is 1. The highest BCUT2D eigenvalue weighted by Crippen LogP contribution is 2.25. The van der Waals surface area contributed by atoms with Gasteiger partial charge in [-0.2, -0.15) is 0 Å². The van der Waals surface area contributed by atoms with Crippen molar-refractivity contribution in [1.82, 2.24) is 8.87 Å². The fourth-order valence-corrected chi connectivity index (χ4v) is 4.84. The Kier molecular flexibility index (Phi) is 4.86. The van der Waals surface area contributed by atoms with Crippen molar-refractivity contribution in [3.8, 4) is 0 Å². The largest absolute Gasteiger partial charge is 0.419 e. The van der Waals surface area contributed by atoms with Crippen LogP contribution in [0.5, 0.6) is 0 Å². The van der Waals surface area contributed by atoms with Crippen LogP contribution < -0.4 is 10.5 Å². The maximum absolute atomic E-state index is 12.7. The van der Waals surface area contributed by atoms with E-state index in [4.69, 9.17) is 4.42 Å². The molecule has 0 unspecified atom stereocenters. The molecule has 28 heavy (non-hydrogen) atoms. The molecule has 3 rings (SSSR count). The van der Waals surface area contributed by atoms with Gasteiger partial charge in [0.15, 0.2) is 5.58 Å². The van der Waals surface area contributed by atoms with Gasteiger partial charge in [0, 0.05) is 27.2 Å². The number of aryl methyl sites for hydroxylation is 2. The standard InChI is InChI=1S/C17H19N3O6S2/c1-11-5-6-12(9-16(11)28(24,25)19(2)3)18-27(22,23)13-7-8-14-15(10-13)26-17(21)20(14)4/h5-10,18H,1-4H3. The van der Waals surface area contributed by atoms with Crippen LogP contribution in [0, 0.1) is 6.92 Å². The monoisotopic (exact) mass is 425 g/mol. The Morgan fingerprint density at radius 1 is 1.04 bits per heavy atom. The third kappa shape index (κ3) is 3.43. The molecule has 0 atom stereocenters. The number of aromatic nitrogens is 1. The van der Waals surface area contributed by atoms with Crippen molar-refractivity contribution in [2.45, 2.75) is 16.7 Å². The van der Waals surface area contributed by atoms with Gasteiger partial charge in [-0.25, -0.2) is 25.9 Å². The van der Waals surface area contributed by atoms with Gasteiger partial charge in [0.05, 0.1) is 21.0 Å². The summed E-state index contributed by atoms with van der Waals surface area (Å²) in [5.41, 5.74) is 1.18. The number of sulfonamides is 2. The smallest absolute Gasteiger partial charge is 0.408 e. The van der Waals surface area contributed by atoms with Crippen LogP contribution in [0.4, 0.5) is 5.69 Å². The SMILES string of the molecule is Cc1ccc(NS(=O)(=O)c2ccc3c(c2)oc(=O)n3C)cc1S(=O)(=O)N(C)C. The number of hydrogen-bond acceptors (Lipinski definition) is 6. The van der Waals surface area contributed by atoms with Gasteiger partial charge in [0.2, 0.25) is 10.0 Å². The Morgan fingerprint density at radius 3 is 2.36 bits per heavy atom. The molecular formula is C17H19N3O6S2.